The van der Waals surface area contributed by atoms with E-state index in [0.717, 1.165) is 31.7 Å². The molecule has 2 aromatic rings. The molecule has 2 aromatic carbocycles. The molecule has 1 fully saturated rings. The molecule has 0 amide bonds. The Kier molecular flexibility index (Phi) is 5.42. The molecule has 0 radical (unpaired) electrons. The van der Waals surface area contributed by atoms with E-state index in [2.05, 4.69) is 41.7 Å². The minimum absolute atomic E-state index is 0.183. The number of ether oxygens (including phenoxy) is 1. The van der Waals surface area contributed by atoms with E-state index < -0.39 is 0 Å². The van der Waals surface area contributed by atoms with E-state index in [9.17, 15) is 0 Å². The van der Waals surface area contributed by atoms with Crippen molar-refractivity contribution in [2.24, 2.45) is 5.92 Å². The van der Waals surface area contributed by atoms with E-state index in [1.165, 1.54) is 12.0 Å². The van der Waals surface area contributed by atoms with Gasteiger partial charge in [0.1, 0.15) is 0 Å². The van der Waals surface area contributed by atoms with E-state index in [-0.39, 0.29) is 6.10 Å². The van der Waals surface area contributed by atoms with E-state index >= 15 is 0 Å². The minimum atomic E-state index is 0.183. The standard InChI is InChI=1S/C20H22N2O/c21-13-16-6-4-7-17(12-16)14-22-15-19-10-5-11-23-20(19)18-8-2-1-3-9-18/h1-4,6-9,12,19-20,22H,5,10-11,14-15H2. The van der Waals surface area contributed by atoms with Crippen LogP contribution in [-0.4, -0.2) is 13.2 Å². The molecule has 0 spiro atoms. The van der Waals surface area contributed by atoms with Crippen molar-refractivity contribution in [3.05, 3.63) is 71.3 Å². The number of nitrogens with zero attached hydrogens (tertiary/aromatic N) is 1. The van der Waals surface area contributed by atoms with Crippen LogP contribution >= 0.6 is 0 Å². The van der Waals surface area contributed by atoms with Gasteiger partial charge >= 0.3 is 0 Å². The lowest BCUT2D eigenvalue weighted by Gasteiger charge is -2.32. The fourth-order valence-corrected chi connectivity index (χ4v) is 3.22. The van der Waals surface area contributed by atoms with Gasteiger partial charge in [-0.15, -0.1) is 0 Å². The molecule has 1 aliphatic heterocycles. The summed E-state index contributed by atoms with van der Waals surface area (Å²) in [6.07, 6.45) is 2.49. The summed E-state index contributed by atoms with van der Waals surface area (Å²) in [4.78, 5) is 0. The zero-order valence-electron chi connectivity index (χ0n) is 13.2. The van der Waals surface area contributed by atoms with Crippen molar-refractivity contribution in [1.29, 1.82) is 5.26 Å². The van der Waals surface area contributed by atoms with Crippen LogP contribution in [0.2, 0.25) is 0 Å². The SMILES string of the molecule is N#Cc1cccc(CNCC2CCCOC2c2ccccc2)c1. The van der Waals surface area contributed by atoms with E-state index in [1.54, 1.807) is 0 Å². The maximum Gasteiger partial charge on any atom is 0.0991 e. The molecule has 3 heteroatoms. The lowest BCUT2D eigenvalue weighted by atomic mass is 9.89. The number of benzene rings is 2. The monoisotopic (exact) mass is 306 g/mol. The predicted molar refractivity (Wildman–Crippen MR) is 90.7 cm³/mol. The smallest absolute Gasteiger partial charge is 0.0991 e. The van der Waals surface area contributed by atoms with Crippen molar-refractivity contribution >= 4 is 0 Å². The molecule has 23 heavy (non-hydrogen) atoms. The van der Waals surface area contributed by atoms with E-state index in [0.29, 0.717) is 11.5 Å². The summed E-state index contributed by atoms with van der Waals surface area (Å²) in [6, 6.07) is 20.5. The van der Waals surface area contributed by atoms with Crippen LogP contribution in [0.4, 0.5) is 0 Å². The molecular weight excluding hydrogens is 284 g/mol. The van der Waals surface area contributed by atoms with Crippen molar-refractivity contribution in [3.63, 3.8) is 0 Å². The molecule has 0 aliphatic carbocycles. The zero-order chi connectivity index (χ0) is 15.9. The van der Waals surface area contributed by atoms with Gasteiger partial charge in [-0.2, -0.15) is 5.26 Å². The van der Waals surface area contributed by atoms with Gasteiger partial charge in [-0.3, -0.25) is 0 Å². The molecule has 1 N–H and O–H groups in total. The van der Waals surface area contributed by atoms with Gasteiger partial charge in [0.05, 0.1) is 17.7 Å². The zero-order valence-corrected chi connectivity index (χ0v) is 13.2. The second kappa shape index (κ2) is 7.92. The molecule has 2 unspecified atom stereocenters. The Morgan fingerprint density at radius 1 is 1.13 bits per heavy atom. The van der Waals surface area contributed by atoms with Gasteiger partial charge in [0.15, 0.2) is 0 Å². The second-order valence-corrected chi connectivity index (χ2v) is 6.05. The lowest BCUT2D eigenvalue weighted by Crippen LogP contribution is -2.31. The van der Waals surface area contributed by atoms with Crippen molar-refractivity contribution in [2.75, 3.05) is 13.2 Å². The fourth-order valence-electron chi connectivity index (χ4n) is 3.22. The van der Waals surface area contributed by atoms with Gasteiger partial charge in [0.25, 0.3) is 0 Å². The van der Waals surface area contributed by atoms with Crippen LogP contribution in [0.15, 0.2) is 54.6 Å². The van der Waals surface area contributed by atoms with Crippen LogP contribution in [-0.2, 0) is 11.3 Å². The van der Waals surface area contributed by atoms with Crippen molar-refractivity contribution < 1.29 is 4.74 Å². The lowest BCUT2D eigenvalue weighted by molar-refractivity contribution is -0.0278. The Hall–Kier alpha value is -2.15. The molecule has 3 nitrogen and oxygen atoms in total. The highest BCUT2D eigenvalue weighted by Crippen LogP contribution is 2.33. The molecular formula is C20H22N2O. The van der Waals surface area contributed by atoms with Crippen LogP contribution in [0.25, 0.3) is 0 Å². The first-order chi connectivity index (χ1) is 11.4. The van der Waals surface area contributed by atoms with Gasteiger partial charge in [-0.1, -0.05) is 42.5 Å². The predicted octanol–water partition coefficient (Wildman–Crippen LogP) is 3.82. The third-order valence-corrected chi connectivity index (χ3v) is 4.36. The highest BCUT2D eigenvalue weighted by Gasteiger charge is 2.26. The first-order valence-corrected chi connectivity index (χ1v) is 8.23. The Bertz CT molecular complexity index is 663. The molecule has 2 atom stereocenters. The highest BCUT2D eigenvalue weighted by atomic mass is 16.5. The third kappa shape index (κ3) is 4.19. The Labute approximate surface area is 137 Å². The van der Waals surface area contributed by atoms with E-state index in [4.69, 9.17) is 10.00 Å². The summed E-state index contributed by atoms with van der Waals surface area (Å²) in [5.74, 6) is 0.491. The number of rotatable bonds is 5. The topological polar surface area (TPSA) is 45.0 Å². The van der Waals surface area contributed by atoms with Gasteiger partial charge in [0, 0.05) is 25.6 Å². The van der Waals surface area contributed by atoms with Crippen molar-refractivity contribution in [1.82, 2.24) is 5.32 Å². The normalized spacial score (nSPS) is 20.8. The summed E-state index contributed by atoms with van der Waals surface area (Å²) >= 11 is 0. The number of nitrogens with one attached hydrogen (secondary N) is 1. The molecule has 0 saturated carbocycles. The number of hydrogen-bond donors (Lipinski definition) is 1. The highest BCUT2D eigenvalue weighted by molar-refractivity contribution is 5.32. The van der Waals surface area contributed by atoms with Crippen molar-refractivity contribution in [3.8, 4) is 6.07 Å². The Morgan fingerprint density at radius 3 is 2.83 bits per heavy atom. The summed E-state index contributed by atoms with van der Waals surface area (Å²) in [6.45, 7) is 2.56. The van der Waals surface area contributed by atoms with Gasteiger partial charge in [-0.05, 0) is 36.1 Å². The van der Waals surface area contributed by atoms with Crippen LogP contribution < -0.4 is 5.32 Å². The second-order valence-electron chi connectivity index (χ2n) is 6.05. The average molecular weight is 306 g/mol. The first-order valence-electron chi connectivity index (χ1n) is 8.23. The minimum Gasteiger partial charge on any atom is -0.373 e. The fraction of sp³-hybridized carbons (Fsp3) is 0.350. The Balaban J connectivity index is 1.58. The molecule has 3 rings (SSSR count). The maximum absolute atomic E-state index is 8.97. The molecule has 1 heterocycles. The Morgan fingerprint density at radius 2 is 2.00 bits per heavy atom. The molecule has 1 saturated heterocycles. The summed E-state index contributed by atoms with van der Waals surface area (Å²) in [5, 5.41) is 12.5. The van der Waals surface area contributed by atoms with E-state index in [1.807, 2.05) is 24.3 Å². The van der Waals surface area contributed by atoms with Crippen molar-refractivity contribution in [2.45, 2.75) is 25.5 Å². The van der Waals surface area contributed by atoms with Crippen LogP contribution in [0.5, 0.6) is 0 Å². The van der Waals surface area contributed by atoms with Crippen LogP contribution in [0.3, 0.4) is 0 Å². The van der Waals surface area contributed by atoms with Crippen LogP contribution in [0.1, 0.15) is 35.6 Å². The van der Waals surface area contributed by atoms with Gasteiger partial charge in [-0.25, -0.2) is 0 Å². The van der Waals surface area contributed by atoms with Gasteiger partial charge in [0.2, 0.25) is 0 Å². The quantitative estimate of drug-likeness (QED) is 0.913. The average Bonchev–Trinajstić information content (AvgIpc) is 2.63. The third-order valence-electron chi connectivity index (χ3n) is 4.36. The summed E-state index contributed by atoms with van der Waals surface area (Å²) in [7, 11) is 0. The largest absolute Gasteiger partial charge is 0.373 e. The molecule has 118 valence electrons. The summed E-state index contributed by atoms with van der Waals surface area (Å²) in [5.41, 5.74) is 3.13. The summed E-state index contributed by atoms with van der Waals surface area (Å²) < 4.78 is 6.03. The number of hydrogen-bond acceptors (Lipinski definition) is 3. The maximum atomic E-state index is 8.97. The first kappa shape index (κ1) is 15.7. The molecule has 1 aliphatic rings. The molecule has 0 bridgehead atoms. The molecule has 0 aromatic heterocycles. The number of nitriles is 1. The van der Waals surface area contributed by atoms with Crippen LogP contribution in [0, 0.1) is 17.2 Å². The van der Waals surface area contributed by atoms with Gasteiger partial charge < -0.3 is 10.1 Å².